The minimum Gasteiger partial charge on any atom is -0.497 e. The lowest BCUT2D eigenvalue weighted by atomic mass is 10.0. The van der Waals surface area contributed by atoms with Crippen molar-refractivity contribution in [2.45, 2.75) is 12.8 Å². The van der Waals surface area contributed by atoms with Gasteiger partial charge in [-0.15, -0.1) is 0 Å². The van der Waals surface area contributed by atoms with Crippen molar-refractivity contribution in [1.29, 1.82) is 0 Å². The molecule has 0 atom stereocenters. The van der Waals surface area contributed by atoms with Crippen LogP contribution in [0.4, 0.5) is 10.5 Å². The second-order valence-corrected chi connectivity index (χ2v) is 7.00. The van der Waals surface area contributed by atoms with Crippen molar-refractivity contribution in [3.8, 4) is 11.5 Å². The molecule has 154 valence electrons. The van der Waals surface area contributed by atoms with Gasteiger partial charge in [0.15, 0.2) is 0 Å². The molecule has 0 radical (unpaired) electrons. The van der Waals surface area contributed by atoms with E-state index in [4.69, 9.17) is 14.2 Å². The van der Waals surface area contributed by atoms with Crippen LogP contribution in [0.3, 0.4) is 0 Å². The summed E-state index contributed by atoms with van der Waals surface area (Å²) in [6.07, 6.45) is 5.96. The average Bonchev–Trinajstić information content (AvgIpc) is 2.77. The molecule has 0 unspecified atom stereocenters. The zero-order chi connectivity index (χ0) is 20.5. The number of ether oxygens (including phenoxy) is 3. The van der Waals surface area contributed by atoms with E-state index in [1.54, 1.807) is 14.2 Å². The highest BCUT2D eigenvalue weighted by atomic mass is 16.5. The van der Waals surface area contributed by atoms with Crippen molar-refractivity contribution >= 4 is 23.9 Å². The van der Waals surface area contributed by atoms with Crippen LogP contribution in [-0.4, -0.2) is 40.0 Å². The molecular weight excluding hydrogens is 368 g/mol. The van der Waals surface area contributed by atoms with Crippen molar-refractivity contribution in [2.24, 2.45) is 5.92 Å². The Morgan fingerprint density at radius 2 is 1.72 bits per heavy atom. The number of hydrogen-bond donors (Lipinski definition) is 2. The van der Waals surface area contributed by atoms with Crippen LogP contribution in [0.25, 0.3) is 12.2 Å². The summed E-state index contributed by atoms with van der Waals surface area (Å²) in [4.78, 5) is 12.2. The molecule has 1 aliphatic rings. The minimum absolute atomic E-state index is 0.185. The zero-order valence-corrected chi connectivity index (χ0v) is 16.9. The summed E-state index contributed by atoms with van der Waals surface area (Å²) in [7, 11) is 3.26. The third-order valence-corrected chi connectivity index (χ3v) is 4.88. The summed E-state index contributed by atoms with van der Waals surface area (Å²) in [5.41, 5.74) is 2.70. The summed E-state index contributed by atoms with van der Waals surface area (Å²) < 4.78 is 16.0. The molecule has 3 rings (SSSR count). The molecule has 2 amide bonds. The third-order valence-electron chi connectivity index (χ3n) is 4.88. The highest BCUT2D eigenvalue weighted by Gasteiger charge is 2.14. The number of methoxy groups -OCH3 is 2. The Hall–Kier alpha value is -2.99. The molecule has 6 heteroatoms. The summed E-state index contributed by atoms with van der Waals surface area (Å²) >= 11 is 0. The first-order chi connectivity index (χ1) is 14.2. The van der Waals surface area contributed by atoms with Crippen LogP contribution >= 0.6 is 0 Å². The van der Waals surface area contributed by atoms with E-state index in [2.05, 4.69) is 10.6 Å². The number of carbonyl (C=O) groups is 1. The van der Waals surface area contributed by atoms with Crippen LogP contribution < -0.4 is 20.1 Å². The van der Waals surface area contributed by atoms with Crippen LogP contribution in [-0.2, 0) is 4.74 Å². The van der Waals surface area contributed by atoms with Gasteiger partial charge in [0.25, 0.3) is 0 Å². The molecule has 0 spiro atoms. The monoisotopic (exact) mass is 396 g/mol. The summed E-state index contributed by atoms with van der Waals surface area (Å²) in [5, 5.41) is 5.85. The predicted octanol–water partition coefficient (Wildman–Crippen LogP) is 4.42. The first kappa shape index (κ1) is 20.7. The van der Waals surface area contributed by atoms with Crippen LogP contribution in [0.1, 0.15) is 24.0 Å². The Morgan fingerprint density at radius 3 is 2.41 bits per heavy atom. The van der Waals surface area contributed by atoms with E-state index in [9.17, 15) is 4.79 Å². The number of anilines is 1. The second-order valence-electron chi connectivity index (χ2n) is 7.00. The second kappa shape index (κ2) is 10.5. The maximum Gasteiger partial charge on any atom is 0.319 e. The molecule has 1 aliphatic heterocycles. The molecule has 0 saturated carbocycles. The van der Waals surface area contributed by atoms with Gasteiger partial charge in [0.2, 0.25) is 0 Å². The molecule has 1 heterocycles. The first-order valence-corrected chi connectivity index (χ1v) is 9.80. The molecule has 2 aromatic carbocycles. The topological polar surface area (TPSA) is 68.8 Å². The maximum absolute atomic E-state index is 12.2. The zero-order valence-electron chi connectivity index (χ0n) is 16.9. The molecule has 6 nitrogen and oxygen atoms in total. The fraction of sp³-hybridized carbons (Fsp3) is 0.348. The number of urea groups is 1. The lowest BCUT2D eigenvalue weighted by molar-refractivity contribution is 0.0671. The Kier molecular flexibility index (Phi) is 7.53. The van der Waals surface area contributed by atoms with E-state index in [0.29, 0.717) is 12.5 Å². The fourth-order valence-corrected chi connectivity index (χ4v) is 3.20. The lowest BCUT2D eigenvalue weighted by Crippen LogP contribution is -2.35. The van der Waals surface area contributed by atoms with E-state index in [1.165, 1.54) is 0 Å². The first-order valence-electron chi connectivity index (χ1n) is 9.80. The lowest BCUT2D eigenvalue weighted by Gasteiger charge is -2.22. The smallest absolute Gasteiger partial charge is 0.319 e. The molecule has 0 aliphatic carbocycles. The van der Waals surface area contributed by atoms with Crippen LogP contribution in [0.2, 0.25) is 0 Å². The van der Waals surface area contributed by atoms with Crippen molar-refractivity contribution in [2.75, 3.05) is 39.3 Å². The molecule has 0 bridgehead atoms. The average molecular weight is 396 g/mol. The van der Waals surface area contributed by atoms with Gasteiger partial charge in [-0.1, -0.05) is 24.3 Å². The molecule has 0 aromatic heterocycles. The highest BCUT2D eigenvalue weighted by Crippen LogP contribution is 2.24. The number of hydrogen-bond acceptors (Lipinski definition) is 4. The SMILES string of the molecule is COc1cc(/C=C/c2cccc(NC(=O)NCC3CCOCC3)c2)cc(OC)c1. The van der Waals surface area contributed by atoms with Gasteiger partial charge in [0, 0.05) is 31.5 Å². The van der Waals surface area contributed by atoms with Gasteiger partial charge < -0.3 is 24.8 Å². The maximum atomic E-state index is 12.2. The van der Waals surface area contributed by atoms with Gasteiger partial charge in [-0.2, -0.15) is 0 Å². The van der Waals surface area contributed by atoms with Crippen LogP contribution in [0, 0.1) is 5.92 Å². The molecule has 2 N–H and O–H groups in total. The molecule has 1 saturated heterocycles. The number of benzene rings is 2. The van der Waals surface area contributed by atoms with E-state index in [1.807, 2.05) is 54.6 Å². The van der Waals surface area contributed by atoms with Crippen LogP contribution in [0.15, 0.2) is 42.5 Å². The van der Waals surface area contributed by atoms with E-state index < -0.39 is 0 Å². The summed E-state index contributed by atoms with van der Waals surface area (Å²) in [6.45, 7) is 2.23. The quantitative estimate of drug-likeness (QED) is 0.680. The number of amides is 2. The molecule has 2 aromatic rings. The van der Waals surface area contributed by atoms with Gasteiger partial charge >= 0.3 is 6.03 Å². The van der Waals surface area contributed by atoms with E-state index in [-0.39, 0.29) is 6.03 Å². The number of carbonyl (C=O) groups excluding carboxylic acids is 1. The molecular formula is C23H28N2O4. The van der Waals surface area contributed by atoms with Crippen molar-refractivity contribution in [1.82, 2.24) is 5.32 Å². The Balaban J connectivity index is 1.59. The van der Waals surface area contributed by atoms with Crippen molar-refractivity contribution in [3.05, 3.63) is 53.6 Å². The summed E-state index contributed by atoms with van der Waals surface area (Å²) in [5.74, 6) is 1.96. The Morgan fingerprint density at radius 1 is 1.03 bits per heavy atom. The Bertz CT molecular complexity index is 822. The van der Waals surface area contributed by atoms with Gasteiger partial charge in [-0.25, -0.2) is 4.79 Å². The van der Waals surface area contributed by atoms with Gasteiger partial charge in [-0.05, 0) is 54.2 Å². The summed E-state index contributed by atoms with van der Waals surface area (Å²) in [6, 6.07) is 13.2. The Labute approximate surface area is 171 Å². The van der Waals surface area contributed by atoms with Gasteiger partial charge in [0.1, 0.15) is 11.5 Å². The molecule has 29 heavy (non-hydrogen) atoms. The van der Waals surface area contributed by atoms with E-state index in [0.717, 1.165) is 54.4 Å². The molecule has 1 fully saturated rings. The highest BCUT2D eigenvalue weighted by molar-refractivity contribution is 5.89. The number of nitrogens with one attached hydrogen (secondary N) is 2. The predicted molar refractivity (Wildman–Crippen MR) is 115 cm³/mol. The van der Waals surface area contributed by atoms with Gasteiger partial charge in [-0.3, -0.25) is 0 Å². The van der Waals surface area contributed by atoms with Crippen molar-refractivity contribution in [3.63, 3.8) is 0 Å². The van der Waals surface area contributed by atoms with Gasteiger partial charge in [0.05, 0.1) is 14.2 Å². The fourth-order valence-electron chi connectivity index (χ4n) is 3.20. The standard InChI is InChI=1S/C23H28N2O4/c1-27-21-13-19(14-22(15-21)28-2)7-6-17-4-3-5-20(12-17)25-23(26)24-16-18-8-10-29-11-9-18/h3-7,12-15,18H,8-11,16H2,1-2H3,(H2,24,25,26)/b7-6+. The van der Waals surface area contributed by atoms with Crippen LogP contribution in [0.5, 0.6) is 11.5 Å². The van der Waals surface area contributed by atoms with Crippen molar-refractivity contribution < 1.29 is 19.0 Å². The minimum atomic E-state index is -0.185. The number of rotatable bonds is 7. The normalized spacial score (nSPS) is 14.6. The largest absolute Gasteiger partial charge is 0.497 e. The van der Waals surface area contributed by atoms with E-state index >= 15 is 0 Å². The third kappa shape index (κ3) is 6.54.